The Morgan fingerprint density at radius 2 is 1.33 bits per heavy atom. The van der Waals surface area contributed by atoms with Crippen molar-refractivity contribution < 1.29 is 28.6 Å². The average molecular weight is 480 g/mol. The minimum absolute atomic E-state index is 0.146. The van der Waals surface area contributed by atoms with E-state index in [2.05, 4.69) is 15.9 Å². The van der Waals surface area contributed by atoms with Gasteiger partial charge in [0.25, 0.3) is 0 Å². The van der Waals surface area contributed by atoms with Crippen molar-refractivity contribution in [3.05, 3.63) is 56.8 Å². The zero-order chi connectivity index (χ0) is 22.4. The van der Waals surface area contributed by atoms with Crippen molar-refractivity contribution in [3.8, 4) is 0 Å². The summed E-state index contributed by atoms with van der Waals surface area (Å²) in [4.78, 5) is 40.0. The molecule has 30 heavy (non-hydrogen) atoms. The molecule has 0 saturated carbocycles. The van der Waals surface area contributed by atoms with Gasteiger partial charge in [0.2, 0.25) is 0 Å². The number of carbonyl (C=O) groups excluding carboxylic acids is 3. The molecule has 1 aromatic carbocycles. The first kappa shape index (κ1) is 23.7. The summed E-state index contributed by atoms with van der Waals surface area (Å²) in [5, 5.41) is 0. The number of allylic oxidation sites excluding steroid dienone is 2. The number of hydrogen-bond donors (Lipinski definition) is 0. The van der Waals surface area contributed by atoms with E-state index >= 15 is 0 Å². The molecule has 2 rings (SSSR count). The van der Waals surface area contributed by atoms with Gasteiger partial charge in [-0.05, 0) is 46.2 Å². The highest BCUT2D eigenvalue weighted by atomic mass is 79.9. The first-order chi connectivity index (χ1) is 14.3. The van der Waals surface area contributed by atoms with Crippen LogP contribution >= 0.6 is 15.9 Å². The summed E-state index contributed by atoms with van der Waals surface area (Å²) >= 11 is 3.52. The molecule has 0 fully saturated rings. The molecular formula is C22H26BrNO6. The molecule has 0 bridgehead atoms. The van der Waals surface area contributed by atoms with Crippen molar-refractivity contribution in [2.75, 3.05) is 19.8 Å². The van der Waals surface area contributed by atoms with Crippen LogP contribution in [0.1, 0.15) is 46.1 Å². The van der Waals surface area contributed by atoms with Gasteiger partial charge in [-0.3, -0.25) is 4.90 Å². The lowest BCUT2D eigenvalue weighted by molar-refractivity contribution is -0.139. The van der Waals surface area contributed by atoms with Crippen molar-refractivity contribution in [1.29, 1.82) is 0 Å². The summed E-state index contributed by atoms with van der Waals surface area (Å²) in [6, 6.07) is 7.29. The molecule has 0 atom stereocenters. The molecule has 0 spiro atoms. The monoisotopic (exact) mass is 479 g/mol. The van der Waals surface area contributed by atoms with Crippen molar-refractivity contribution in [3.63, 3.8) is 0 Å². The van der Waals surface area contributed by atoms with Gasteiger partial charge in [-0.2, -0.15) is 0 Å². The lowest BCUT2D eigenvalue weighted by atomic mass is 9.80. The Morgan fingerprint density at radius 1 is 0.867 bits per heavy atom. The van der Waals surface area contributed by atoms with Crippen LogP contribution < -0.4 is 0 Å². The van der Waals surface area contributed by atoms with Crippen molar-refractivity contribution in [1.82, 2.24) is 4.90 Å². The number of ether oxygens (including phenoxy) is 3. The minimum atomic E-state index is -0.774. The van der Waals surface area contributed by atoms with Crippen LogP contribution in [0.15, 0.2) is 51.3 Å². The van der Waals surface area contributed by atoms with E-state index in [-0.39, 0.29) is 31.0 Å². The van der Waals surface area contributed by atoms with Crippen LogP contribution in [-0.4, -0.2) is 42.8 Å². The molecule has 1 aliphatic rings. The molecule has 162 valence electrons. The topological polar surface area (TPSA) is 82.1 Å². The van der Waals surface area contributed by atoms with Gasteiger partial charge in [0.05, 0.1) is 36.9 Å². The van der Waals surface area contributed by atoms with Crippen molar-refractivity contribution in [2.24, 2.45) is 0 Å². The summed E-state index contributed by atoms with van der Waals surface area (Å²) in [7, 11) is 0. The van der Waals surface area contributed by atoms with E-state index in [1.165, 1.54) is 4.90 Å². The molecule has 1 aliphatic heterocycles. The van der Waals surface area contributed by atoms with E-state index < -0.39 is 23.9 Å². The molecule has 0 aromatic heterocycles. The summed E-state index contributed by atoms with van der Waals surface area (Å²) < 4.78 is 16.5. The first-order valence-electron chi connectivity index (χ1n) is 9.77. The standard InChI is InChI=1S/C22H26BrNO6/c1-6-28-20(25)17-13(4)24(22(27)30-8-3)14(5)18(21(26)29-7-2)19(17)15-11-9-10-12-16(15)23/h9-12,19H,6-8H2,1-5H3. The second-order valence-electron chi connectivity index (χ2n) is 6.43. The zero-order valence-corrected chi connectivity index (χ0v) is 19.4. The van der Waals surface area contributed by atoms with E-state index in [4.69, 9.17) is 14.2 Å². The van der Waals surface area contributed by atoms with Gasteiger partial charge < -0.3 is 14.2 Å². The third-order valence-electron chi connectivity index (χ3n) is 4.69. The Balaban J connectivity index is 2.84. The molecule has 1 amide bonds. The van der Waals surface area contributed by atoms with Gasteiger partial charge in [-0.25, -0.2) is 14.4 Å². The highest BCUT2D eigenvalue weighted by molar-refractivity contribution is 9.10. The van der Waals surface area contributed by atoms with E-state index in [1.54, 1.807) is 34.6 Å². The molecule has 7 nitrogen and oxygen atoms in total. The fourth-order valence-corrected chi connectivity index (χ4v) is 4.00. The number of esters is 2. The van der Waals surface area contributed by atoms with Crippen LogP contribution in [0.2, 0.25) is 0 Å². The highest BCUT2D eigenvalue weighted by Gasteiger charge is 2.43. The van der Waals surface area contributed by atoms with Crippen LogP contribution in [0.5, 0.6) is 0 Å². The number of hydrogen-bond acceptors (Lipinski definition) is 6. The molecule has 8 heteroatoms. The number of halogens is 1. The smallest absolute Gasteiger partial charge is 0.418 e. The van der Waals surface area contributed by atoms with E-state index in [9.17, 15) is 14.4 Å². The van der Waals surface area contributed by atoms with Crippen LogP contribution in [0.25, 0.3) is 0 Å². The number of rotatable bonds is 6. The van der Waals surface area contributed by atoms with Crippen molar-refractivity contribution in [2.45, 2.75) is 40.5 Å². The first-order valence-corrected chi connectivity index (χ1v) is 10.6. The molecule has 0 N–H and O–H groups in total. The van der Waals surface area contributed by atoms with E-state index in [1.807, 2.05) is 24.3 Å². The third kappa shape index (κ3) is 4.59. The van der Waals surface area contributed by atoms with Gasteiger partial charge in [-0.15, -0.1) is 0 Å². The second-order valence-corrected chi connectivity index (χ2v) is 7.28. The molecule has 0 saturated heterocycles. The quantitative estimate of drug-likeness (QED) is 0.435. The maximum atomic E-state index is 13.0. The molecule has 1 heterocycles. The van der Waals surface area contributed by atoms with Gasteiger partial charge in [-0.1, -0.05) is 34.1 Å². The lowest BCUT2D eigenvalue weighted by Gasteiger charge is -2.36. The van der Waals surface area contributed by atoms with Crippen LogP contribution in [-0.2, 0) is 23.8 Å². The van der Waals surface area contributed by atoms with Gasteiger partial charge >= 0.3 is 18.0 Å². The predicted octanol–water partition coefficient (Wildman–Crippen LogP) is 4.68. The molecule has 0 unspecified atom stereocenters. The van der Waals surface area contributed by atoms with Gasteiger partial charge in [0, 0.05) is 15.9 Å². The van der Waals surface area contributed by atoms with Crippen LogP contribution in [0.3, 0.4) is 0 Å². The number of benzene rings is 1. The molecule has 1 aromatic rings. The molecule has 0 aliphatic carbocycles. The number of carbonyl (C=O) groups is 3. The summed E-state index contributed by atoms with van der Waals surface area (Å²) in [5.41, 5.74) is 1.75. The Morgan fingerprint density at radius 3 is 1.77 bits per heavy atom. The molecule has 0 radical (unpaired) electrons. The summed E-state index contributed by atoms with van der Waals surface area (Å²) in [6.45, 7) is 8.79. The lowest BCUT2D eigenvalue weighted by Crippen LogP contribution is -2.39. The number of amides is 1. The SMILES string of the molecule is CCOC(=O)C1=C(C)N(C(=O)OCC)C(C)=C(C(=O)OCC)C1c1ccccc1Br. The minimum Gasteiger partial charge on any atom is -0.463 e. The normalized spacial score (nSPS) is 14.7. The van der Waals surface area contributed by atoms with Gasteiger partial charge in [0.1, 0.15) is 0 Å². The Kier molecular flexibility index (Phi) is 8.23. The van der Waals surface area contributed by atoms with Crippen LogP contribution in [0.4, 0.5) is 4.79 Å². The fourth-order valence-electron chi connectivity index (χ4n) is 3.49. The second kappa shape index (κ2) is 10.4. The predicted molar refractivity (Wildman–Crippen MR) is 114 cm³/mol. The van der Waals surface area contributed by atoms with E-state index in [0.717, 1.165) is 0 Å². The van der Waals surface area contributed by atoms with Crippen LogP contribution in [0, 0.1) is 0 Å². The van der Waals surface area contributed by atoms with Crippen molar-refractivity contribution >= 4 is 34.0 Å². The largest absolute Gasteiger partial charge is 0.463 e. The fraction of sp³-hybridized carbons (Fsp3) is 0.409. The third-order valence-corrected chi connectivity index (χ3v) is 5.41. The molecular weight excluding hydrogens is 454 g/mol. The average Bonchev–Trinajstić information content (AvgIpc) is 2.68. The summed E-state index contributed by atoms with van der Waals surface area (Å²) in [6.07, 6.45) is -0.679. The maximum absolute atomic E-state index is 13.0. The Bertz CT molecular complexity index is 863. The van der Waals surface area contributed by atoms with Gasteiger partial charge in [0.15, 0.2) is 0 Å². The Labute approximate surface area is 184 Å². The summed E-state index contributed by atoms with van der Waals surface area (Å²) in [5.74, 6) is -2.00. The maximum Gasteiger partial charge on any atom is 0.418 e. The zero-order valence-electron chi connectivity index (χ0n) is 17.8. The van der Waals surface area contributed by atoms with E-state index in [0.29, 0.717) is 21.4 Å². The highest BCUT2D eigenvalue weighted by Crippen LogP contribution is 2.45. The number of nitrogens with zero attached hydrogens (tertiary/aromatic N) is 1. The Hall–Kier alpha value is -2.61.